The van der Waals surface area contributed by atoms with E-state index in [-0.39, 0.29) is 18.0 Å². The molecule has 0 aliphatic carbocycles. The number of benzene rings is 2. The lowest BCUT2D eigenvalue weighted by molar-refractivity contribution is 0.0664. The maximum atomic E-state index is 12.8. The highest BCUT2D eigenvalue weighted by atomic mass is 16.5. The second kappa shape index (κ2) is 12.4. The largest absolute Gasteiger partial charge is 0.378 e. The number of anilines is 3. The minimum absolute atomic E-state index is 0.0155. The number of amides is 3. The first-order valence-electron chi connectivity index (χ1n) is 14.8. The Bertz CT molecular complexity index is 1590. The van der Waals surface area contributed by atoms with Gasteiger partial charge in [-0.25, -0.2) is 14.8 Å². The third kappa shape index (κ3) is 6.32. The number of hydrogen-bond donors (Lipinski definition) is 2. The summed E-state index contributed by atoms with van der Waals surface area (Å²) in [6.45, 7) is 10.4. The molecule has 6 rings (SSSR count). The van der Waals surface area contributed by atoms with E-state index < -0.39 is 0 Å². The molecule has 2 aromatic carbocycles. The summed E-state index contributed by atoms with van der Waals surface area (Å²) in [6.07, 6.45) is 2.07. The highest BCUT2D eigenvalue weighted by molar-refractivity contribution is 6.00. The summed E-state index contributed by atoms with van der Waals surface area (Å²) in [6, 6.07) is 16.5. The molecule has 2 N–H and O–H groups in total. The van der Waals surface area contributed by atoms with Crippen LogP contribution >= 0.6 is 0 Å². The molecule has 224 valence electrons. The summed E-state index contributed by atoms with van der Waals surface area (Å²) in [5, 5.41) is 6.75. The van der Waals surface area contributed by atoms with Crippen LogP contribution in [0.4, 0.5) is 22.0 Å². The summed E-state index contributed by atoms with van der Waals surface area (Å²) in [7, 11) is 2.06. The lowest BCUT2D eigenvalue weighted by Crippen LogP contribution is -2.47. The van der Waals surface area contributed by atoms with Gasteiger partial charge in [-0.1, -0.05) is 0 Å². The van der Waals surface area contributed by atoms with Crippen LogP contribution in [0.2, 0.25) is 0 Å². The Labute approximate surface area is 251 Å². The van der Waals surface area contributed by atoms with Crippen LogP contribution in [0.15, 0.2) is 60.8 Å². The Balaban J connectivity index is 1.13. The van der Waals surface area contributed by atoms with Gasteiger partial charge in [0.1, 0.15) is 11.5 Å². The number of nitrogens with one attached hydrogen (secondary N) is 2. The average Bonchev–Trinajstić information content (AvgIpc) is 3.46. The fourth-order valence-electron chi connectivity index (χ4n) is 5.46. The van der Waals surface area contributed by atoms with Crippen molar-refractivity contribution in [1.82, 2.24) is 24.3 Å². The Morgan fingerprint density at radius 3 is 2.07 bits per heavy atom. The van der Waals surface area contributed by atoms with Crippen molar-refractivity contribution in [3.63, 3.8) is 0 Å². The van der Waals surface area contributed by atoms with E-state index in [9.17, 15) is 9.59 Å². The second-order valence-electron chi connectivity index (χ2n) is 11.4. The van der Waals surface area contributed by atoms with Crippen molar-refractivity contribution >= 4 is 40.2 Å². The molecular formula is C32H38N8O3. The number of ether oxygens (including phenoxy) is 1. The Hall–Kier alpha value is -4.48. The van der Waals surface area contributed by atoms with Crippen LogP contribution in [-0.2, 0) is 4.74 Å². The number of carbonyl (C=O) groups excluding carboxylic acids is 2. The van der Waals surface area contributed by atoms with Crippen LogP contribution in [0.25, 0.3) is 22.4 Å². The summed E-state index contributed by atoms with van der Waals surface area (Å²) < 4.78 is 7.73. The summed E-state index contributed by atoms with van der Waals surface area (Å²) in [5.74, 6) is 1.57. The van der Waals surface area contributed by atoms with Gasteiger partial charge < -0.3 is 34.6 Å². The first-order chi connectivity index (χ1) is 20.9. The van der Waals surface area contributed by atoms with Gasteiger partial charge in [0.05, 0.1) is 18.6 Å². The third-order valence-electron chi connectivity index (χ3n) is 8.00. The molecule has 0 saturated carbocycles. The average molecular weight is 583 g/mol. The van der Waals surface area contributed by atoms with Gasteiger partial charge in [-0.05, 0) is 75.5 Å². The van der Waals surface area contributed by atoms with E-state index in [0.717, 1.165) is 61.7 Å². The Morgan fingerprint density at radius 2 is 1.44 bits per heavy atom. The number of likely N-dealkylation sites (N-methyl/N-ethyl adjacent to an activating group) is 1. The molecule has 11 heteroatoms. The van der Waals surface area contributed by atoms with Crippen molar-refractivity contribution in [2.45, 2.75) is 19.9 Å². The van der Waals surface area contributed by atoms with Gasteiger partial charge in [-0.15, -0.1) is 0 Å². The van der Waals surface area contributed by atoms with Crippen LogP contribution in [0.1, 0.15) is 30.2 Å². The maximum Gasteiger partial charge on any atom is 0.323 e. The molecule has 4 heterocycles. The van der Waals surface area contributed by atoms with E-state index in [2.05, 4.69) is 58.2 Å². The van der Waals surface area contributed by atoms with Gasteiger partial charge in [0.15, 0.2) is 5.82 Å². The SMILES string of the molecule is CC(C)n1ccc2c(N3CCOCC3)nc(-c3ccc(NC(=O)Nc4ccc(C(=O)N5CCN(C)CC5)cc4)cc3)nc21. The smallest absolute Gasteiger partial charge is 0.323 e. The lowest BCUT2D eigenvalue weighted by Gasteiger charge is -2.32. The predicted molar refractivity (Wildman–Crippen MR) is 169 cm³/mol. The predicted octanol–water partition coefficient (Wildman–Crippen LogP) is 4.55. The number of fused-ring (bicyclic) bond motifs is 1. The van der Waals surface area contributed by atoms with Crippen molar-refractivity contribution in [2.24, 2.45) is 0 Å². The van der Waals surface area contributed by atoms with Gasteiger partial charge in [0, 0.05) is 74.0 Å². The summed E-state index contributed by atoms with van der Waals surface area (Å²) >= 11 is 0. The van der Waals surface area contributed by atoms with Crippen LogP contribution in [0.3, 0.4) is 0 Å². The van der Waals surface area contributed by atoms with Crippen molar-refractivity contribution < 1.29 is 14.3 Å². The molecule has 3 amide bonds. The van der Waals surface area contributed by atoms with E-state index in [1.165, 1.54) is 0 Å². The van der Waals surface area contributed by atoms with Crippen molar-refractivity contribution in [1.29, 1.82) is 0 Å². The highest BCUT2D eigenvalue weighted by Crippen LogP contribution is 2.31. The maximum absolute atomic E-state index is 12.8. The zero-order valence-corrected chi connectivity index (χ0v) is 24.9. The van der Waals surface area contributed by atoms with E-state index in [4.69, 9.17) is 14.7 Å². The zero-order chi connectivity index (χ0) is 29.9. The van der Waals surface area contributed by atoms with Crippen LogP contribution in [0.5, 0.6) is 0 Å². The molecule has 4 aromatic rings. The summed E-state index contributed by atoms with van der Waals surface area (Å²) in [4.78, 5) is 41.8. The molecule has 0 bridgehead atoms. The molecule has 0 spiro atoms. The number of nitrogens with zero attached hydrogens (tertiary/aromatic N) is 6. The van der Waals surface area contributed by atoms with E-state index in [1.807, 2.05) is 29.2 Å². The first kappa shape index (κ1) is 28.6. The van der Waals surface area contributed by atoms with Gasteiger partial charge in [-0.2, -0.15) is 0 Å². The van der Waals surface area contributed by atoms with Crippen LogP contribution in [0, 0.1) is 0 Å². The van der Waals surface area contributed by atoms with Crippen LogP contribution < -0.4 is 15.5 Å². The number of carbonyl (C=O) groups is 2. The number of morpholine rings is 1. The summed E-state index contributed by atoms with van der Waals surface area (Å²) in [5.41, 5.74) is 3.63. The minimum Gasteiger partial charge on any atom is -0.378 e. The molecule has 0 unspecified atom stereocenters. The monoisotopic (exact) mass is 582 g/mol. The normalized spacial score (nSPS) is 16.1. The number of aromatic nitrogens is 3. The number of urea groups is 1. The standard InChI is InChI=1S/C32H38N8O3/c1-22(2)40-13-12-27-29(38-18-20-43-21-19-38)35-28(36-30(27)40)23-4-8-25(9-5-23)33-32(42)34-26-10-6-24(7-11-26)31(41)39-16-14-37(3)15-17-39/h4-13,22H,14-21H2,1-3H3,(H2,33,34,42). The van der Waals surface area contributed by atoms with E-state index in [1.54, 1.807) is 24.3 Å². The molecule has 2 aliphatic rings. The molecular weight excluding hydrogens is 544 g/mol. The van der Waals surface area contributed by atoms with Gasteiger partial charge in [0.2, 0.25) is 0 Å². The van der Waals surface area contributed by atoms with Crippen molar-refractivity contribution in [3.8, 4) is 11.4 Å². The molecule has 0 radical (unpaired) electrons. The van der Waals surface area contributed by atoms with Gasteiger partial charge in [0.25, 0.3) is 5.91 Å². The Morgan fingerprint density at radius 1 is 0.814 bits per heavy atom. The van der Waals surface area contributed by atoms with E-state index >= 15 is 0 Å². The minimum atomic E-state index is -0.368. The van der Waals surface area contributed by atoms with Crippen LogP contribution in [-0.4, -0.2) is 95.8 Å². The Kier molecular flexibility index (Phi) is 8.26. The van der Waals surface area contributed by atoms with Gasteiger partial charge >= 0.3 is 6.03 Å². The third-order valence-corrected chi connectivity index (χ3v) is 8.00. The number of piperazine rings is 1. The molecule has 43 heavy (non-hydrogen) atoms. The molecule has 2 saturated heterocycles. The molecule has 2 aromatic heterocycles. The zero-order valence-electron chi connectivity index (χ0n) is 24.9. The van der Waals surface area contributed by atoms with Crippen molar-refractivity contribution in [2.75, 3.05) is 75.1 Å². The lowest BCUT2D eigenvalue weighted by atomic mass is 10.1. The highest BCUT2D eigenvalue weighted by Gasteiger charge is 2.22. The fraction of sp³-hybridized carbons (Fsp3) is 0.375. The van der Waals surface area contributed by atoms with Crippen molar-refractivity contribution in [3.05, 3.63) is 66.4 Å². The fourth-order valence-corrected chi connectivity index (χ4v) is 5.46. The quantitative estimate of drug-likeness (QED) is 0.344. The molecule has 2 aliphatic heterocycles. The van der Waals surface area contributed by atoms with Gasteiger partial charge in [-0.3, -0.25) is 4.79 Å². The first-order valence-corrected chi connectivity index (χ1v) is 14.8. The van der Waals surface area contributed by atoms with E-state index in [0.29, 0.717) is 36.0 Å². The topological polar surface area (TPSA) is 108 Å². The molecule has 2 fully saturated rings. The number of hydrogen-bond acceptors (Lipinski definition) is 7. The number of rotatable bonds is 6. The molecule has 11 nitrogen and oxygen atoms in total. The molecule has 0 atom stereocenters. The second-order valence-corrected chi connectivity index (χ2v) is 11.4.